The van der Waals surface area contributed by atoms with Gasteiger partial charge in [-0.3, -0.25) is 0 Å². The summed E-state index contributed by atoms with van der Waals surface area (Å²) in [5.41, 5.74) is 1.21. The Labute approximate surface area is 122 Å². The quantitative estimate of drug-likeness (QED) is 0.433. The van der Waals surface area contributed by atoms with Crippen molar-refractivity contribution in [2.24, 2.45) is 11.8 Å². The third kappa shape index (κ3) is 12.3. The minimum atomic E-state index is 0.520. The van der Waals surface area contributed by atoms with Crippen molar-refractivity contribution in [3.63, 3.8) is 0 Å². The fourth-order valence-electron chi connectivity index (χ4n) is 2.66. The van der Waals surface area contributed by atoms with E-state index in [9.17, 15) is 0 Å². The smallest absolute Gasteiger partial charge is 0.0201 e. The molecule has 0 spiro atoms. The minimum Gasteiger partial charge on any atom is -0.387 e. The molecule has 0 fully saturated rings. The summed E-state index contributed by atoms with van der Waals surface area (Å²) in [5.74, 6) is 1.81. The van der Waals surface area contributed by atoms with Crippen LogP contribution >= 0.6 is 0 Å². The zero-order chi connectivity index (χ0) is 14.7. The van der Waals surface area contributed by atoms with E-state index >= 15 is 0 Å². The molecule has 1 unspecified atom stereocenters. The largest absolute Gasteiger partial charge is 0.387 e. The first kappa shape index (κ1) is 18.5. The van der Waals surface area contributed by atoms with Gasteiger partial charge in [0.25, 0.3) is 0 Å². The molecule has 0 radical (unpaired) electrons. The van der Waals surface area contributed by atoms with Crippen LogP contribution in [0.15, 0.2) is 12.3 Å². The van der Waals surface area contributed by atoms with Crippen LogP contribution in [0.4, 0.5) is 0 Å². The summed E-state index contributed by atoms with van der Waals surface area (Å²) in [6, 6.07) is 0.520. The molecule has 0 aliphatic carbocycles. The molecule has 0 aliphatic rings. The standard InChI is InChI=1S/C18H37N/c1-7-10-18(14-13-15(2)3)12-9-8-11-17(6)19-16(4)5/h15-16,18-19H,6-14H2,1-5H3. The molecule has 0 amide bonds. The average Bonchev–Trinajstić information content (AvgIpc) is 2.30. The van der Waals surface area contributed by atoms with Gasteiger partial charge in [0, 0.05) is 11.7 Å². The fourth-order valence-corrected chi connectivity index (χ4v) is 2.66. The molecule has 1 nitrogen and oxygen atoms in total. The minimum absolute atomic E-state index is 0.520. The SMILES string of the molecule is C=C(CCCCC(CCC)CCC(C)C)NC(C)C. The van der Waals surface area contributed by atoms with Crippen molar-refractivity contribution >= 4 is 0 Å². The maximum Gasteiger partial charge on any atom is 0.0201 e. The predicted octanol–water partition coefficient (Wildman–Crippen LogP) is 5.91. The molecule has 0 aromatic carbocycles. The van der Waals surface area contributed by atoms with Gasteiger partial charge in [0.2, 0.25) is 0 Å². The lowest BCUT2D eigenvalue weighted by atomic mass is 9.89. The molecule has 0 saturated carbocycles. The van der Waals surface area contributed by atoms with Gasteiger partial charge in [-0.05, 0) is 38.5 Å². The summed E-state index contributed by atoms with van der Waals surface area (Å²) in [7, 11) is 0. The average molecular weight is 268 g/mol. The summed E-state index contributed by atoms with van der Waals surface area (Å²) >= 11 is 0. The molecular formula is C18H37N. The summed E-state index contributed by atoms with van der Waals surface area (Å²) in [4.78, 5) is 0. The van der Waals surface area contributed by atoms with Crippen molar-refractivity contribution < 1.29 is 0 Å². The van der Waals surface area contributed by atoms with Gasteiger partial charge < -0.3 is 5.32 Å². The van der Waals surface area contributed by atoms with E-state index in [1.807, 2.05) is 0 Å². The van der Waals surface area contributed by atoms with E-state index in [1.54, 1.807) is 0 Å². The monoisotopic (exact) mass is 267 g/mol. The molecule has 1 heteroatoms. The van der Waals surface area contributed by atoms with Crippen LogP contribution < -0.4 is 5.32 Å². The first-order chi connectivity index (χ1) is 8.95. The second-order valence-electron chi connectivity index (χ2n) is 6.77. The Morgan fingerprint density at radius 1 is 0.947 bits per heavy atom. The van der Waals surface area contributed by atoms with E-state index in [0.717, 1.165) is 18.3 Å². The lowest BCUT2D eigenvalue weighted by Gasteiger charge is -2.18. The van der Waals surface area contributed by atoms with Gasteiger partial charge >= 0.3 is 0 Å². The Morgan fingerprint density at radius 3 is 2.16 bits per heavy atom. The van der Waals surface area contributed by atoms with Gasteiger partial charge in [-0.15, -0.1) is 0 Å². The molecule has 0 aromatic rings. The highest BCUT2D eigenvalue weighted by Gasteiger charge is 2.08. The number of rotatable bonds is 12. The van der Waals surface area contributed by atoms with Crippen molar-refractivity contribution in [1.82, 2.24) is 5.32 Å². The second-order valence-corrected chi connectivity index (χ2v) is 6.77. The third-order valence-electron chi connectivity index (χ3n) is 3.68. The van der Waals surface area contributed by atoms with Crippen molar-refractivity contribution in [2.45, 2.75) is 92.0 Å². The summed E-state index contributed by atoms with van der Waals surface area (Å²) in [5, 5.41) is 3.40. The fraction of sp³-hybridized carbons (Fsp3) is 0.889. The zero-order valence-electron chi connectivity index (χ0n) is 14.1. The van der Waals surface area contributed by atoms with Crippen molar-refractivity contribution in [3.8, 4) is 0 Å². The van der Waals surface area contributed by atoms with E-state index in [2.05, 4.69) is 46.5 Å². The Hall–Kier alpha value is -0.460. The second kappa shape index (κ2) is 11.4. The summed E-state index contributed by atoms with van der Waals surface area (Å²) in [6.07, 6.45) is 10.8. The number of unbranched alkanes of at least 4 members (excludes halogenated alkanes) is 1. The number of allylic oxidation sites excluding steroid dienone is 1. The van der Waals surface area contributed by atoms with Crippen LogP contribution in [0.5, 0.6) is 0 Å². The molecule has 0 aromatic heterocycles. The molecule has 0 rings (SSSR count). The first-order valence-electron chi connectivity index (χ1n) is 8.40. The maximum atomic E-state index is 4.10. The van der Waals surface area contributed by atoms with Gasteiger partial charge in [-0.2, -0.15) is 0 Å². The van der Waals surface area contributed by atoms with E-state index in [0.29, 0.717) is 6.04 Å². The predicted molar refractivity (Wildman–Crippen MR) is 88.3 cm³/mol. The Kier molecular flexibility index (Phi) is 11.1. The molecule has 0 aliphatic heterocycles. The normalized spacial score (nSPS) is 13.0. The number of hydrogen-bond acceptors (Lipinski definition) is 1. The molecule has 1 atom stereocenters. The lowest BCUT2D eigenvalue weighted by molar-refractivity contribution is 0.364. The zero-order valence-corrected chi connectivity index (χ0v) is 14.1. The van der Waals surface area contributed by atoms with Crippen LogP contribution in [0.1, 0.15) is 86.0 Å². The molecule has 0 heterocycles. The van der Waals surface area contributed by atoms with Gasteiger partial charge in [0.1, 0.15) is 0 Å². The summed E-state index contributed by atoms with van der Waals surface area (Å²) < 4.78 is 0. The first-order valence-corrected chi connectivity index (χ1v) is 8.40. The van der Waals surface area contributed by atoms with Crippen LogP contribution in [0.3, 0.4) is 0 Å². The van der Waals surface area contributed by atoms with E-state index in [-0.39, 0.29) is 0 Å². The van der Waals surface area contributed by atoms with E-state index in [1.165, 1.54) is 50.6 Å². The van der Waals surface area contributed by atoms with Gasteiger partial charge in [0.05, 0.1) is 0 Å². The Morgan fingerprint density at radius 2 is 1.63 bits per heavy atom. The van der Waals surface area contributed by atoms with Crippen LogP contribution in [-0.4, -0.2) is 6.04 Å². The van der Waals surface area contributed by atoms with Crippen LogP contribution in [0, 0.1) is 11.8 Å². The number of nitrogens with one attached hydrogen (secondary N) is 1. The van der Waals surface area contributed by atoms with Crippen molar-refractivity contribution in [3.05, 3.63) is 12.3 Å². The van der Waals surface area contributed by atoms with Crippen molar-refractivity contribution in [1.29, 1.82) is 0 Å². The van der Waals surface area contributed by atoms with E-state index < -0.39 is 0 Å². The molecule has 114 valence electrons. The topological polar surface area (TPSA) is 12.0 Å². The van der Waals surface area contributed by atoms with Crippen LogP contribution in [-0.2, 0) is 0 Å². The maximum absolute atomic E-state index is 4.10. The highest BCUT2D eigenvalue weighted by Crippen LogP contribution is 2.23. The lowest BCUT2D eigenvalue weighted by Crippen LogP contribution is -2.21. The van der Waals surface area contributed by atoms with Crippen molar-refractivity contribution in [2.75, 3.05) is 0 Å². The molecule has 0 saturated heterocycles. The van der Waals surface area contributed by atoms with Gasteiger partial charge in [-0.1, -0.05) is 65.9 Å². The Bertz CT molecular complexity index is 218. The highest BCUT2D eigenvalue weighted by atomic mass is 14.9. The molecule has 19 heavy (non-hydrogen) atoms. The summed E-state index contributed by atoms with van der Waals surface area (Å²) in [6.45, 7) is 15.4. The van der Waals surface area contributed by atoms with Crippen LogP contribution in [0.2, 0.25) is 0 Å². The third-order valence-corrected chi connectivity index (χ3v) is 3.68. The molecule has 1 N–H and O–H groups in total. The van der Waals surface area contributed by atoms with Gasteiger partial charge in [-0.25, -0.2) is 0 Å². The Balaban J connectivity index is 3.71. The van der Waals surface area contributed by atoms with Gasteiger partial charge in [0.15, 0.2) is 0 Å². The number of hydrogen-bond donors (Lipinski definition) is 1. The molecular weight excluding hydrogens is 230 g/mol. The van der Waals surface area contributed by atoms with E-state index in [4.69, 9.17) is 0 Å². The molecule has 0 bridgehead atoms. The highest BCUT2D eigenvalue weighted by molar-refractivity contribution is 4.91. The van der Waals surface area contributed by atoms with Crippen LogP contribution in [0.25, 0.3) is 0 Å².